The van der Waals surface area contributed by atoms with Gasteiger partial charge in [0.1, 0.15) is 11.1 Å². The van der Waals surface area contributed by atoms with E-state index in [1.165, 1.54) is 55.5 Å². The van der Waals surface area contributed by atoms with Crippen LogP contribution in [0.3, 0.4) is 0 Å². The maximum Gasteiger partial charge on any atom is 0.361 e. The number of rotatable bonds is 8. The van der Waals surface area contributed by atoms with Gasteiger partial charge in [-0.15, -0.1) is 0 Å². The summed E-state index contributed by atoms with van der Waals surface area (Å²) in [5.74, 6) is 0.956. The third-order valence-electron chi connectivity index (χ3n) is 7.61. The molecule has 0 fully saturated rings. The summed E-state index contributed by atoms with van der Waals surface area (Å²) in [7, 11) is 7.47. The summed E-state index contributed by atoms with van der Waals surface area (Å²) in [6.45, 7) is 2.55. The molecule has 0 radical (unpaired) electrons. The number of ether oxygens (including phenoxy) is 7. The van der Waals surface area contributed by atoms with Crippen molar-refractivity contribution in [2.45, 2.75) is 13.8 Å². The van der Waals surface area contributed by atoms with E-state index >= 15 is 0 Å². The Labute approximate surface area is 261 Å². The van der Waals surface area contributed by atoms with Crippen molar-refractivity contribution in [3.8, 4) is 51.4 Å². The minimum atomic E-state index is -0.650. The summed E-state index contributed by atoms with van der Waals surface area (Å²) < 4.78 is 46.6. The molecule has 3 aromatic carbocycles. The van der Waals surface area contributed by atoms with Crippen molar-refractivity contribution in [3.63, 3.8) is 0 Å². The Morgan fingerprint density at radius 3 is 1.87 bits per heavy atom. The number of hydrogen-bond donors (Lipinski definition) is 0. The van der Waals surface area contributed by atoms with E-state index < -0.39 is 17.6 Å². The molecule has 6 rings (SSSR count). The Balaban J connectivity index is 1.89. The number of aromatic nitrogens is 1. The van der Waals surface area contributed by atoms with Crippen molar-refractivity contribution in [2.24, 2.45) is 0 Å². The largest absolute Gasteiger partial charge is 0.493 e. The zero-order chi connectivity index (χ0) is 32.9. The Kier molecular flexibility index (Phi) is 7.56. The van der Waals surface area contributed by atoms with Crippen molar-refractivity contribution in [1.82, 2.24) is 4.40 Å². The van der Waals surface area contributed by atoms with E-state index in [4.69, 9.17) is 37.6 Å². The Morgan fingerprint density at radius 1 is 0.630 bits per heavy atom. The number of pyridine rings is 1. The first kappa shape index (κ1) is 30.1. The average Bonchev–Trinajstić information content (AvgIpc) is 3.39. The maximum absolute atomic E-state index is 13.8. The molecular formula is C34H29NO11. The van der Waals surface area contributed by atoms with E-state index in [-0.39, 0.29) is 28.3 Å². The number of carbonyl (C=O) groups is 2. The first-order valence-corrected chi connectivity index (χ1v) is 13.9. The summed E-state index contributed by atoms with van der Waals surface area (Å²) in [6, 6.07) is 11.8. The highest BCUT2D eigenvalue weighted by Crippen LogP contribution is 2.49. The van der Waals surface area contributed by atoms with Crippen LogP contribution < -0.4 is 38.8 Å². The third-order valence-corrected chi connectivity index (χ3v) is 7.61. The van der Waals surface area contributed by atoms with Crippen LogP contribution in [0, 0.1) is 0 Å². The molecule has 0 aliphatic heterocycles. The first-order valence-electron chi connectivity index (χ1n) is 13.9. The van der Waals surface area contributed by atoms with E-state index in [0.29, 0.717) is 61.2 Å². The lowest BCUT2D eigenvalue weighted by Crippen LogP contribution is -2.05. The molecule has 0 amide bonds. The Hall–Kier alpha value is -5.91. The summed E-state index contributed by atoms with van der Waals surface area (Å²) in [6.07, 6.45) is 1.74. The van der Waals surface area contributed by atoms with Gasteiger partial charge in [-0.2, -0.15) is 0 Å². The minimum Gasteiger partial charge on any atom is -0.493 e. The van der Waals surface area contributed by atoms with Crippen molar-refractivity contribution in [3.05, 3.63) is 59.1 Å². The van der Waals surface area contributed by atoms with Gasteiger partial charge in [-0.25, -0.2) is 4.79 Å². The van der Waals surface area contributed by atoms with Crippen LogP contribution in [-0.2, 0) is 9.59 Å². The number of benzene rings is 3. The molecule has 0 N–H and O–H groups in total. The molecule has 0 unspecified atom stereocenters. The van der Waals surface area contributed by atoms with Gasteiger partial charge in [0.05, 0.1) is 41.1 Å². The second-order valence-corrected chi connectivity index (χ2v) is 10.2. The molecule has 0 aliphatic rings. The summed E-state index contributed by atoms with van der Waals surface area (Å²) in [5.41, 5.74) is 1.49. The molecule has 6 aromatic rings. The molecule has 0 aliphatic carbocycles. The van der Waals surface area contributed by atoms with E-state index in [0.717, 1.165) is 0 Å². The molecule has 0 bridgehead atoms. The minimum absolute atomic E-state index is 0.0870. The second kappa shape index (κ2) is 11.5. The van der Waals surface area contributed by atoms with E-state index in [1.807, 2.05) is 0 Å². The van der Waals surface area contributed by atoms with Crippen LogP contribution in [0.2, 0.25) is 0 Å². The molecule has 3 heterocycles. The van der Waals surface area contributed by atoms with Crippen molar-refractivity contribution in [2.75, 3.05) is 35.5 Å². The highest BCUT2D eigenvalue weighted by Gasteiger charge is 2.27. The lowest BCUT2D eigenvalue weighted by molar-refractivity contribution is -0.132. The fourth-order valence-corrected chi connectivity index (χ4v) is 5.87. The van der Waals surface area contributed by atoms with E-state index in [1.54, 1.807) is 47.0 Å². The molecule has 3 aromatic heterocycles. The van der Waals surface area contributed by atoms with Gasteiger partial charge in [0.15, 0.2) is 34.5 Å². The van der Waals surface area contributed by atoms with Gasteiger partial charge in [0, 0.05) is 53.2 Å². The molecular weight excluding hydrogens is 598 g/mol. The summed E-state index contributed by atoms with van der Waals surface area (Å²) >= 11 is 0. The van der Waals surface area contributed by atoms with Gasteiger partial charge < -0.3 is 42.0 Å². The highest BCUT2D eigenvalue weighted by molar-refractivity contribution is 6.22. The van der Waals surface area contributed by atoms with Gasteiger partial charge in [0.2, 0.25) is 5.75 Å². The first-order chi connectivity index (χ1) is 22.1. The van der Waals surface area contributed by atoms with E-state index in [9.17, 15) is 14.4 Å². The van der Waals surface area contributed by atoms with Gasteiger partial charge in [-0.05, 0) is 35.9 Å². The number of methoxy groups -OCH3 is 5. The van der Waals surface area contributed by atoms with E-state index in [2.05, 4.69) is 0 Å². The van der Waals surface area contributed by atoms with Gasteiger partial charge >= 0.3 is 17.6 Å². The smallest absolute Gasteiger partial charge is 0.361 e. The molecule has 12 nitrogen and oxygen atoms in total. The summed E-state index contributed by atoms with van der Waals surface area (Å²) in [5, 5.41) is 2.32. The molecule has 12 heteroatoms. The highest BCUT2D eigenvalue weighted by atomic mass is 16.6. The second-order valence-electron chi connectivity index (χ2n) is 10.2. The maximum atomic E-state index is 13.8. The zero-order valence-electron chi connectivity index (χ0n) is 26.1. The van der Waals surface area contributed by atoms with Crippen molar-refractivity contribution >= 4 is 50.1 Å². The third kappa shape index (κ3) is 4.66. The summed E-state index contributed by atoms with van der Waals surface area (Å²) in [4.78, 5) is 37.7. The molecule has 0 saturated carbocycles. The van der Waals surface area contributed by atoms with Crippen LogP contribution in [0.25, 0.3) is 49.3 Å². The number of carbonyl (C=O) groups excluding carboxylic acids is 2. The van der Waals surface area contributed by atoms with Gasteiger partial charge in [-0.1, -0.05) is 6.07 Å². The van der Waals surface area contributed by atoms with Crippen LogP contribution >= 0.6 is 0 Å². The van der Waals surface area contributed by atoms with Crippen LogP contribution in [0.1, 0.15) is 13.8 Å². The average molecular weight is 628 g/mol. The fraction of sp³-hybridized carbons (Fsp3) is 0.206. The lowest BCUT2D eigenvalue weighted by Gasteiger charge is -2.16. The van der Waals surface area contributed by atoms with Gasteiger partial charge in [-0.3, -0.25) is 9.59 Å². The van der Waals surface area contributed by atoms with Crippen LogP contribution in [-0.4, -0.2) is 51.9 Å². The monoisotopic (exact) mass is 627 g/mol. The molecule has 236 valence electrons. The van der Waals surface area contributed by atoms with Crippen molar-refractivity contribution in [1.29, 1.82) is 0 Å². The Morgan fingerprint density at radius 2 is 1.26 bits per heavy atom. The topological polar surface area (TPSA) is 133 Å². The SMILES string of the molecule is COc1ccc(-c2c3c4cc(OC)c(OC(C)=O)cc4oc(=O)c3n3ccc4c(OC)c(OC)c(OC)cc4c23)cc1OC(C)=O. The van der Waals surface area contributed by atoms with Crippen LogP contribution in [0.5, 0.6) is 40.2 Å². The molecule has 0 spiro atoms. The zero-order valence-corrected chi connectivity index (χ0v) is 26.1. The fourth-order valence-electron chi connectivity index (χ4n) is 5.87. The molecule has 46 heavy (non-hydrogen) atoms. The predicted octanol–water partition coefficient (Wildman–Crippen LogP) is 5.91. The van der Waals surface area contributed by atoms with Crippen LogP contribution in [0.15, 0.2) is 57.9 Å². The molecule has 0 saturated heterocycles. The predicted molar refractivity (Wildman–Crippen MR) is 169 cm³/mol. The number of esters is 2. The quantitative estimate of drug-likeness (QED) is 0.113. The number of nitrogens with zero attached hydrogens (tertiary/aromatic N) is 1. The lowest BCUT2D eigenvalue weighted by atomic mass is 9.97. The normalized spacial score (nSPS) is 11.2. The van der Waals surface area contributed by atoms with Crippen molar-refractivity contribution < 1.29 is 47.2 Å². The van der Waals surface area contributed by atoms with Crippen LogP contribution in [0.4, 0.5) is 0 Å². The molecule has 0 atom stereocenters. The van der Waals surface area contributed by atoms with Gasteiger partial charge in [0.25, 0.3) is 0 Å². The standard InChI is InChI=1S/C34H29NO11/c1-16(36)44-25-12-18(8-9-22(25)39-3)28-29-21-14-24(40-4)26(45-17(2)37)15-23(21)46-34(38)31(29)35-11-10-19-20(30(28)35)13-27(41-5)33(43-7)32(19)42-6/h8-15H,1-7H3. The number of fused-ring (bicyclic) bond motifs is 7. The Bertz CT molecular complexity index is 2280. The number of hydrogen-bond acceptors (Lipinski definition) is 11.